The quantitative estimate of drug-likeness (QED) is 0.510. The van der Waals surface area contributed by atoms with Crippen molar-refractivity contribution in [1.82, 2.24) is 24.5 Å². The van der Waals surface area contributed by atoms with E-state index in [1.54, 1.807) is 45.0 Å². The molecule has 1 unspecified atom stereocenters. The molecule has 9 nitrogen and oxygen atoms in total. The summed E-state index contributed by atoms with van der Waals surface area (Å²) in [6.45, 7) is 8.64. The van der Waals surface area contributed by atoms with Crippen LogP contribution in [0, 0.1) is 0 Å². The Hall–Kier alpha value is -3.12. The van der Waals surface area contributed by atoms with Gasteiger partial charge in [0.05, 0.1) is 0 Å². The molecule has 0 radical (unpaired) electrons. The van der Waals surface area contributed by atoms with E-state index >= 15 is 0 Å². The Morgan fingerprint density at radius 3 is 2.17 bits per heavy atom. The second-order valence-corrected chi connectivity index (χ2v) is 11.7. The van der Waals surface area contributed by atoms with Gasteiger partial charge in [0.1, 0.15) is 11.6 Å². The molecule has 1 aromatic heterocycles. The number of rotatable bonds is 5. The molecule has 12 heteroatoms. The topological polar surface area (TPSA) is 74.2 Å². The first kappa shape index (κ1) is 28.4. The van der Waals surface area contributed by atoms with Gasteiger partial charge in [-0.3, -0.25) is 9.80 Å². The van der Waals surface area contributed by atoms with E-state index in [1.807, 2.05) is 0 Å². The fraction of sp³-hybridized carbons (Fsp3) is 0.607. The third kappa shape index (κ3) is 6.43. The highest BCUT2D eigenvalue weighted by atomic mass is 19.4. The van der Waals surface area contributed by atoms with Crippen molar-refractivity contribution in [2.24, 2.45) is 0 Å². The van der Waals surface area contributed by atoms with Crippen LogP contribution in [0.25, 0.3) is 0 Å². The first-order valence-electron chi connectivity index (χ1n) is 13.9. The van der Waals surface area contributed by atoms with Gasteiger partial charge in [-0.25, -0.2) is 9.59 Å². The maximum Gasteiger partial charge on any atom is 0.408 e. The molecular formula is C28H37F3N6O3. The number of halogens is 3. The van der Waals surface area contributed by atoms with Crippen LogP contribution < -0.4 is 4.90 Å². The van der Waals surface area contributed by atoms with Gasteiger partial charge in [0.25, 0.3) is 0 Å². The standard InChI is InChI=1S/C28H37F3N6O3/c1-27(2,3)40-25(38)22-10-11-37(32-22)26(39)36-18-16-35(17-19-36)24(28(29,30)31)21-6-4-5-7-23(21)34-14-12-33(13-15-34)20-8-9-20/h4-7,10-11,20,24H,8-9,12-19H2,1-3H3. The first-order chi connectivity index (χ1) is 18.9. The van der Waals surface area contributed by atoms with Crippen LogP contribution in [0.4, 0.5) is 23.7 Å². The zero-order chi connectivity index (χ0) is 28.7. The van der Waals surface area contributed by atoms with Crippen LogP contribution in [-0.2, 0) is 4.74 Å². The van der Waals surface area contributed by atoms with Gasteiger partial charge < -0.3 is 14.5 Å². The van der Waals surface area contributed by atoms with Crippen molar-refractivity contribution >= 4 is 17.7 Å². The monoisotopic (exact) mass is 562 g/mol. The number of carbonyl (C=O) groups excluding carboxylic acids is 2. The average molecular weight is 563 g/mol. The van der Waals surface area contributed by atoms with Crippen molar-refractivity contribution in [3.05, 3.63) is 47.8 Å². The van der Waals surface area contributed by atoms with Crippen molar-refractivity contribution in [3.8, 4) is 0 Å². The number of nitrogens with zero attached hydrogens (tertiary/aromatic N) is 6. The summed E-state index contributed by atoms with van der Waals surface area (Å²) in [6.07, 6.45) is -0.687. The molecule has 0 N–H and O–H groups in total. The van der Waals surface area contributed by atoms with E-state index in [4.69, 9.17) is 4.74 Å². The summed E-state index contributed by atoms with van der Waals surface area (Å²) in [5, 5.41) is 4.04. The lowest BCUT2D eigenvalue weighted by Gasteiger charge is -2.42. The van der Waals surface area contributed by atoms with Crippen LogP contribution in [-0.4, -0.2) is 107 Å². The molecule has 2 aliphatic heterocycles. The van der Waals surface area contributed by atoms with Crippen LogP contribution in [0.3, 0.4) is 0 Å². The van der Waals surface area contributed by atoms with E-state index in [-0.39, 0.29) is 37.4 Å². The molecule has 3 fully saturated rings. The minimum absolute atomic E-state index is 0.00591. The van der Waals surface area contributed by atoms with E-state index in [0.717, 1.165) is 17.8 Å². The van der Waals surface area contributed by atoms with Crippen molar-refractivity contribution < 1.29 is 27.5 Å². The summed E-state index contributed by atoms with van der Waals surface area (Å²) < 4.78 is 50.2. The molecule has 1 amide bonds. The number of carbonyl (C=O) groups is 2. The molecular weight excluding hydrogens is 525 g/mol. The highest BCUT2D eigenvalue weighted by molar-refractivity contribution is 5.88. The zero-order valence-corrected chi connectivity index (χ0v) is 23.2. The lowest BCUT2D eigenvalue weighted by Crippen LogP contribution is -2.53. The van der Waals surface area contributed by atoms with Gasteiger partial charge in [0.2, 0.25) is 0 Å². The molecule has 1 saturated carbocycles. The number of hydrogen-bond acceptors (Lipinski definition) is 7. The first-order valence-corrected chi connectivity index (χ1v) is 13.9. The van der Waals surface area contributed by atoms with E-state index in [9.17, 15) is 22.8 Å². The van der Waals surface area contributed by atoms with Gasteiger partial charge in [-0.1, -0.05) is 18.2 Å². The molecule has 3 aliphatic rings. The summed E-state index contributed by atoms with van der Waals surface area (Å²) >= 11 is 0. The number of alkyl halides is 3. The number of esters is 1. The van der Waals surface area contributed by atoms with E-state index < -0.39 is 29.8 Å². The van der Waals surface area contributed by atoms with Crippen molar-refractivity contribution in [1.29, 1.82) is 0 Å². The maximum atomic E-state index is 14.6. The number of hydrogen-bond donors (Lipinski definition) is 0. The average Bonchev–Trinajstić information content (AvgIpc) is 3.63. The third-order valence-corrected chi connectivity index (χ3v) is 7.60. The predicted molar refractivity (Wildman–Crippen MR) is 143 cm³/mol. The number of ether oxygens (including phenoxy) is 1. The Morgan fingerprint density at radius 2 is 1.57 bits per heavy atom. The highest BCUT2D eigenvalue weighted by Crippen LogP contribution is 2.42. The number of para-hydroxylation sites is 1. The summed E-state index contributed by atoms with van der Waals surface area (Å²) in [5.41, 5.74) is 0.169. The Labute approximate surface area is 232 Å². The maximum absolute atomic E-state index is 14.6. The van der Waals surface area contributed by atoms with Crippen molar-refractivity contribution in [2.75, 3.05) is 57.3 Å². The van der Waals surface area contributed by atoms with Gasteiger partial charge in [0, 0.05) is 75.8 Å². The molecule has 40 heavy (non-hydrogen) atoms. The summed E-state index contributed by atoms with van der Waals surface area (Å²) in [7, 11) is 0. The third-order valence-electron chi connectivity index (χ3n) is 7.60. The molecule has 0 spiro atoms. The Kier molecular flexibility index (Phi) is 7.84. The van der Waals surface area contributed by atoms with Crippen LogP contribution in [0.5, 0.6) is 0 Å². The smallest absolute Gasteiger partial charge is 0.408 e. The Morgan fingerprint density at radius 1 is 0.925 bits per heavy atom. The highest BCUT2D eigenvalue weighted by Gasteiger charge is 2.47. The van der Waals surface area contributed by atoms with Gasteiger partial charge in [-0.15, -0.1) is 0 Å². The van der Waals surface area contributed by atoms with Crippen LogP contribution in [0.15, 0.2) is 36.5 Å². The molecule has 0 bridgehead atoms. The van der Waals surface area contributed by atoms with Crippen LogP contribution >= 0.6 is 0 Å². The van der Waals surface area contributed by atoms with Crippen molar-refractivity contribution in [3.63, 3.8) is 0 Å². The second-order valence-electron chi connectivity index (χ2n) is 11.7. The molecule has 2 saturated heterocycles. The molecule has 218 valence electrons. The van der Waals surface area contributed by atoms with E-state index in [1.165, 1.54) is 34.9 Å². The summed E-state index contributed by atoms with van der Waals surface area (Å²) in [6, 6.07) is 6.61. The van der Waals surface area contributed by atoms with Gasteiger partial charge in [-0.05, 0) is 45.7 Å². The van der Waals surface area contributed by atoms with E-state index in [2.05, 4.69) is 14.9 Å². The number of piperazine rings is 2. The van der Waals surface area contributed by atoms with E-state index in [0.29, 0.717) is 24.8 Å². The fourth-order valence-corrected chi connectivity index (χ4v) is 5.54. The summed E-state index contributed by atoms with van der Waals surface area (Å²) in [5.74, 6) is -0.649. The van der Waals surface area contributed by atoms with Crippen LogP contribution in [0.1, 0.15) is 55.7 Å². The number of anilines is 1. The molecule has 3 heterocycles. The number of aromatic nitrogens is 2. The molecule has 1 aromatic carbocycles. The summed E-state index contributed by atoms with van der Waals surface area (Å²) in [4.78, 5) is 32.7. The molecule has 1 aliphatic carbocycles. The zero-order valence-electron chi connectivity index (χ0n) is 23.2. The molecule has 5 rings (SSSR count). The van der Waals surface area contributed by atoms with Gasteiger partial charge in [0.15, 0.2) is 5.69 Å². The van der Waals surface area contributed by atoms with Crippen molar-refractivity contribution in [2.45, 2.75) is 57.5 Å². The molecule has 2 aromatic rings. The Bertz CT molecular complexity index is 1210. The lowest BCUT2D eigenvalue weighted by molar-refractivity contribution is -0.189. The SMILES string of the molecule is CC(C)(C)OC(=O)c1ccn(C(=O)N2CCN(C(c3ccccc3N3CCN(C4CC4)CC3)C(F)(F)F)CC2)n1. The number of amides is 1. The largest absolute Gasteiger partial charge is 0.455 e. The normalized spacial score (nSPS) is 20.4. The van der Waals surface area contributed by atoms with Gasteiger partial charge >= 0.3 is 18.2 Å². The minimum Gasteiger partial charge on any atom is -0.455 e. The second kappa shape index (κ2) is 11.0. The lowest BCUT2D eigenvalue weighted by atomic mass is 10.00. The minimum atomic E-state index is -4.48. The van der Waals surface area contributed by atoms with Gasteiger partial charge in [-0.2, -0.15) is 23.0 Å². The predicted octanol–water partition coefficient (Wildman–Crippen LogP) is 4.01. The fourth-order valence-electron chi connectivity index (χ4n) is 5.54. The Balaban J connectivity index is 1.26. The molecule has 1 atom stereocenters. The number of benzene rings is 1. The van der Waals surface area contributed by atoms with Crippen LogP contribution in [0.2, 0.25) is 0 Å².